The fourth-order valence-corrected chi connectivity index (χ4v) is 3.42. The van der Waals surface area contributed by atoms with Crippen molar-refractivity contribution < 1.29 is 23.9 Å². The Morgan fingerprint density at radius 2 is 1.71 bits per heavy atom. The van der Waals surface area contributed by atoms with Gasteiger partial charge in [-0.3, -0.25) is 9.59 Å². The van der Waals surface area contributed by atoms with Crippen molar-refractivity contribution in [2.75, 3.05) is 13.2 Å². The van der Waals surface area contributed by atoms with Gasteiger partial charge in [0, 0.05) is 17.4 Å². The van der Waals surface area contributed by atoms with E-state index < -0.39 is 5.97 Å². The largest absolute Gasteiger partial charge is 0.490 e. The number of rotatable bonds is 10. The van der Waals surface area contributed by atoms with Crippen LogP contribution < -0.4 is 20.2 Å². The summed E-state index contributed by atoms with van der Waals surface area (Å²) in [6, 6.07) is 20.6. The predicted molar refractivity (Wildman–Crippen MR) is 136 cm³/mol. The highest BCUT2D eigenvalue weighted by molar-refractivity contribution is 9.10. The second kappa shape index (κ2) is 13.0. The Hall–Kier alpha value is -3.98. The average molecular weight is 538 g/mol. The van der Waals surface area contributed by atoms with Crippen molar-refractivity contribution in [3.8, 4) is 11.5 Å². The van der Waals surface area contributed by atoms with Crippen LogP contribution in [0, 0.1) is 0 Å². The Bertz CT molecular complexity index is 1210. The van der Waals surface area contributed by atoms with E-state index in [0.717, 1.165) is 0 Å². The lowest BCUT2D eigenvalue weighted by molar-refractivity contribution is -0.120. The lowest BCUT2D eigenvalue weighted by Gasteiger charge is -2.11. The summed E-state index contributed by atoms with van der Waals surface area (Å²) in [5.74, 6) is -0.464. The van der Waals surface area contributed by atoms with E-state index in [1.165, 1.54) is 6.21 Å². The summed E-state index contributed by atoms with van der Waals surface area (Å²) in [5.41, 5.74) is 3.98. The van der Waals surface area contributed by atoms with E-state index in [-0.39, 0.29) is 30.5 Å². The SMILES string of the molecule is CCOc1cc(/C=N\NC(=O)CCNC(=O)c2ccccc2Br)ccc1OC(=O)c1ccccc1. The van der Waals surface area contributed by atoms with Crippen molar-refractivity contribution in [2.45, 2.75) is 13.3 Å². The summed E-state index contributed by atoms with van der Waals surface area (Å²) in [7, 11) is 0. The number of nitrogens with one attached hydrogen (secondary N) is 2. The maximum absolute atomic E-state index is 12.3. The molecule has 0 aliphatic carbocycles. The van der Waals surface area contributed by atoms with Gasteiger partial charge in [-0.15, -0.1) is 0 Å². The van der Waals surface area contributed by atoms with Gasteiger partial charge in [0.1, 0.15) is 0 Å². The second-order valence-corrected chi connectivity index (χ2v) is 8.03. The van der Waals surface area contributed by atoms with E-state index in [2.05, 4.69) is 31.8 Å². The first-order valence-electron chi connectivity index (χ1n) is 10.9. The van der Waals surface area contributed by atoms with E-state index in [4.69, 9.17) is 9.47 Å². The Labute approximate surface area is 211 Å². The molecule has 0 spiro atoms. The Balaban J connectivity index is 1.52. The Morgan fingerprint density at radius 3 is 2.46 bits per heavy atom. The number of hydrogen-bond donors (Lipinski definition) is 2. The number of halogens is 1. The van der Waals surface area contributed by atoms with Crippen molar-refractivity contribution >= 4 is 39.9 Å². The molecule has 0 fully saturated rings. The summed E-state index contributed by atoms with van der Waals surface area (Å²) in [5, 5.41) is 6.64. The van der Waals surface area contributed by atoms with Crippen molar-refractivity contribution in [1.82, 2.24) is 10.7 Å². The van der Waals surface area contributed by atoms with Crippen LogP contribution in [0.15, 0.2) is 82.4 Å². The van der Waals surface area contributed by atoms with Crippen LogP contribution in [0.4, 0.5) is 0 Å². The first-order chi connectivity index (χ1) is 17.0. The highest BCUT2D eigenvalue weighted by atomic mass is 79.9. The molecule has 0 heterocycles. The van der Waals surface area contributed by atoms with Gasteiger partial charge in [0.05, 0.1) is 23.9 Å². The van der Waals surface area contributed by atoms with E-state index in [9.17, 15) is 14.4 Å². The summed E-state index contributed by atoms with van der Waals surface area (Å²) in [4.78, 5) is 36.5. The second-order valence-electron chi connectivity index (χ2n) is 7.17. The molecule has 3 aromatic carbocycles. The lowest BCUT2D eigenvalue weighted by Crippen LogP contribution is -2.29. The van der Waals surface area contributed by atoms with Gasteiger partial charge >= 0.3 is 5.97 Å². The van der Waals surface area contributed by atoms with E-state index in [1.54, 1.807) is 60.7 Å². The molecule has 180 valence electrons. The van der Waals surface area contributed by atoms with Crippen LogP contribution in [-0.4, -0.2) is 37.1 Å². The van der Waals surface area contributed by atoms with Crippen molar-refractivity contribution in [1.29, 1.82) is 0 Å². The van der Waals surface area contributed by atoms with E-state index in [0.29, 0.717) is 33.5 Å². The molecule has 0 saturated carbocycles. The molecule has 3 rings (SSSR count). The van der Waals surface area contributed by atoms with Gasteiger partial charge in [-0.1, -0.05) is 30.3 Å². The van der Waals surface area contributed by atoms with Crippen LogP contribution in [-0.2, 0) is 4.79 Å². The molecule has 0 aromatic heterocycles. The van der Waals surface area contributed by atoms with Crippen molar-refractivity contribution in [3.05, 3.63) is 94.0 Å². The highest BCUT2D eigenvalue weighted by Gasteiger charge is 2.13. The minimum atomic E-state index is -0.494. The van der Waals surface area contributed by atoms with Crippen molar-refractivity contribution in [3.63, 3.8) is 0 Å². The number of carbonyl (C=O) groups excluding carboxylic acids is 3. The highest BCUT2D eigenvalue weighted by Crippen LogP contribution is 2.29. The molecule has 2 N–H and O–H groups in total. The maximum atomic E-state index is 12.3. The number of esters is 1. The minimum Gasteiger partial charge on any atom is -0.490 e. The zero-order valence-corrected chi connectivity index (χ0v) is 20.6. The monoisotopic (exact) mass is 537 g/mol. The smallest absolute Gasteiger partial charge is 0.343 e. The quantitative estimate of drug-likeness (QED) is 0.173. The van der Waals surface area contributed by atoms with E-state index in [1.807, 2.05) is 19.1 Å². The molecular formula is C26H24BrN3O5. The first kappa shape index (κ1) is 25.6. The number of benzene rings is 3. The maximum Gasteiger partial charge on any atom is 0.343 e. The molecule has 0 saturated heterocycles. The molecule has 0 aliphatic heterocycles. The van der Waals surface area contributed by atoms with Gasteiger partial charge in [-0.2, -0.15) is 5.10 Å². The molecule has 35 heavy (non-hydrogen) atoms. The summed E-state index contributed by atoms with van der Waals surface area (Å²) >= 11 is 3.32. The lowest BCUT2D eigenvalue weighted by atomic mass is 10.2. The third-order valence-corrected chi connectivity index (χ3v) is 5.33. The van der Waals surface area contributed by atoms with Gasteiger partial charge in [-0.25, -0.2) is 10.2 Å². The van der Waals surface area contributed by atoms with Gasteiger partial charge in [0.2, 0.25) is 5.91 Å². The summed E-state index contributed by atoms with van der Waals surface area (Å²) < 4.78 is 11.7. The average Bonchev–Trinajstić information content (AvgIpc) is 2.86. The molecule has 2 amide bonds. The Morgan fingerprint density at radius 1 is 0.971 bits per heavy atom. The Kier molecular flexibility index (Phi) is 9.56. The molecule has 3 aromatic rings. The van der Waals surface area contributed by atoms with Gasteiger partial charge in [0.15, 0.2) is 11.5 Å². The van der Waals surface area contributed by atoms with Gasteiger partial charge < -0.3 is 14.8 Å². The number of nitrogens with zero attached hydrogens (tertiary/aromatic N) is 1. The van der Waals surface area contributed by atoms with Gasteiger partial charge in [-0.05, 0) is 70.9 Å². The molecule has 0 atom stereocenters. The summed E-state index contributed by atoms with van der Waals surface area (Å²) in [6.45, 7) is 2.36. The topological polar surface area (TPSA) is 106 Å². The predicted octanol–water partition coefficient (Wildman–Crippen LogP) is 4.34. The van der Waals surface area contributed by atoms with Crippen LogP contribution in [0.3, 0.4) is 0 Å². The van der Waals surface area contributed by atoms with Crippen LogP contribution in [0.1, 0.15) is 39.6 Å². The number of ether oxygens (including phenoxy) is 2. The zero-order chi connectivity index (χ0) is 25.0. The molecule has 0 unspecified atom stereocenters. The fourth-order valence-electron chi connectivity index (χ4n) is 2.96. The molecular weight excluding hydrogens is 514 g/mol. The number of amides is 2. The molecule has 0 bridgehead atoms. The summed E-state index contributed by atoms with van der Waals surface area (Å²) in [6.07, 6.45) is 1.51. The molecule has 0 aliphatic rings. The first-order valence-corrected chi connectivity index (χ1v) is 11.7. The molecule has 0 radical (unpaired) electrons. The fraction of sp³-hybridized carbons (Fsp3) is 0.154. The third kappa shape index (κ3) is 7.79. The van der Waals surface area contributed by atoms with Crippen LogP contribution >= 0.6 is 15.9 Å². The van der Waals surface area contributed by atoms with Crippen LogP contribution in [0.5, 0.6) is 11.5 Å². The normalized spacial score (nSPS) is 10.6. The number of hydrogen-bond acceptors (Lipinski definition) is 6. The third-order valence-electron chi connectivity index (χ3n) is 4.64. The molecule has 8 nitrogen and oxygen atoms in total. The van der Waals surface area contributed by atoms with Crippen LogP contribution in [0.2, 0.25) is 0 Å². The molecule has 9 heteroatoms. The zero-order valence-electron chi connectivity index (χ0n) is 19.0. The number of carbonyl (C=O) groups is 3. The van der Waals surface area contributed by atoms with E-state index >= 15 is 0 Å². The van der Waals surface area contributed by atoms with Crippen molar-refractivity contribution in [2.24, 2.45) is 5.10 Å². The van der Waals surface area contributed by atoms with Crippen LogP contribution in [0.25, 0.3) is 0 Å². The standard InChI is InChI=1S/C26H24BrN3O5/c1-2-34-23-16-18(12-13-22(23)35-26(33)19-8-4-3-5-9-19)17-29-30-24(31)14-15-28-25(32)20-10-6-7-11-21(20)27/h3-13,16-17H,2,14-15H2,1H3,(H,28,32)(H,30,31)/b29-17-. The number of hydrazone groups is 1. The minimum absolute atomic E-state index is 0.0616. The van der Waals surface area contributed by atoms with Gasteiger partial charge in [0.25, 0.3) is 5.91 Å².